The molecule has 1 aliphatic rings. The maximum absolute atomic E-state index is 12.0. The quantitative estimate of drug-likeness (QED) is 0.861. The normalized spacial score (nSPS) is 20.0. The Morgan fingerprint density at radius 1 is 1.44 bits per heavy atom. The van der Waals surface area contributed by atoms with Crippen LogP contribution >= 0.6 is 0 Å². The van der Waals surface area contributed by atoms with E-state index >= 15 is 0 Å². The van der Waals surface area contributed by atoms with Crippen molar-refractivity contribution in [1.29, 1.82) is 0 Å². The highest BCUT2D eigenvalue weighted by Gasteiger charge is 2.22. The molecular weight excluding hydrogens is 250 g/mol. The minimum absolute atomic E-state index is 0.0706. The summed E-state index contributed by atoms with van der Waals surface area (Å²) in [6.07, 6.45) is 1.97. The molecule has 0 bridgehead atoms. The van der Waals surface area contributed by atoms with Gasteiger partial charge in [0.25, 0.3) is 0 Å². The monoisotopic (exact) mass is 269 g/mol. The van der Waals surface area contributed by atoms with Gasteiger partial charge in [0.15, 0.2) is 0 Å². The Bertz CT molecular complexity index is 522. The van der Waals surface area contributed by atoms with Gasteiger partial charge in [-0.3, -0.25) is 9.71 Å². The molecule has 1 aromatic rings. The summed E-state index contributed by atoms with van der Waals surface area (Å²) in [6, 6.07) is 3.64. The van der Waals surface area contributed by atoms with E-state index in [1.807, 2.05) is 6.92 Å². The minimum atomic E-state index is -3.31. The van der Waals surface area contributed by atoms with Crippen LogP contribution in [0, 0.1) is 13.8 Å². The van der Waals surface area contributed by atoms with Gasteiger partial charge in [-0.1, -0.05) is 0 Å². The van der Waals surface area contributed by atoms with Crippen molar-refractivity contribution in [3.05, 3.63) is 23.5 Å². The van der Waals surface area contributed by atoms with Crippen molar-refractivity contribution in [2.75, 3.05) is 17.0 Å². The maximum atomic E-state index is 12.0. The van der Waals surface area contributed by atoms with Gasteiger partial charge in [-0.2, -0.15) is 0 Å². The first kappa shape index (κ1) is 13.3. The van der Waals surface area contributed by atoms with Crippen LogP contribution in [0.4, 0.5) is 5.69 Å². The molecule has 1 fully saturated rings. The predicted molar refractivity (Wildman–Crippen MR) is 72.1 cm³/mol. The Morgan fingerprint density at radius 2 is 2.22 bits per heavy atom. The lowest BCUT2D eigenvalue weighted by molar-refractivity contribution is 0.581. The van der Waals surface area contributed by atoms with Crippen LogP contribution in [-0.2, 0) is 10.0 Å². The third-order valence-corrected chi connectivity index (χ3v) is 4.45. The number of hydrogen-bond donors (Lipinski definition) is 2. The van der Waals surface area contributed by atoms with Gasteiger partial charge in [0.1, 0.15) is 0 Å². The number of aromatic nitrogens is 1. The first-order chi connectivity index (χ1) is 8.46. The van der Waals surface area contributed by atoms with Crippen molar-refractivity contribution in [2.24, 2.45) is 0 Å². The summed E-state index contributed by atoms with van der Waals surface area (Å²) < 4.78 is 26.6. The number of nitrogens with zero attached hydrogens (tertiary/aromatic N) is 1. The number of pyridine rings is 1. The SMILES string of the molecule is Cc1ccc(NS(=O)(=O)CC2CCCN2)c(C)n1. The van der Waals surface area contributed by atoms with E-state index in [0.717, 1.165) is 25.1 Å². The number of sulfonamides is 1. The molecule has 5 nitrogen and oxygen atoms in total. The molecule has 1 saturated heterocycles. The molecular formula is C12H19N3O2S. The third kappa shape index (κ3) is 3.43. The van der Waals surface area contributed by atoms with E-state index in [0.29, 0.717) is 11.4 Å². The van der Waals surface area contributed by atoms with Crippen LogP contribution in [0.3, 0.4) is 0 Å². The van der Waals surface area contributed by atoms with Crippen molar-refractivity contribution in [1.82, 2.24) is 10.3 Å². The summed E-state index contributed by atoms with van der Waals surface area (Å²) in [7, 11) is -3.31. The Kier molecular flexibility index (Phi) is 3.87. The molecule has 2 rings (SSSR count). The van der Waals surface area contributed by atoms with Gasteiger partial charge in [0.2, 0.25) is 10.0 Å². The number of aryl methyl sites for hydroxylation is 2. The number of anilines is 1. The van der Waals surface area contributed by atoms with Gasteiger partial charge >= 0.3 is 0 Å². The van der Waals surface area contributed by atoms with E-state index in [-0.39, 0.29) is 11.8 Å². The lowest BCUT2D eigenvalue weighted by atomic mass is 10.3. The highest BCUT2D eigenvalue weighted by Crippen LogP contribution is 2.16. The topological polar surface area (TPSA) is 71.1 Å². The second-order valence-electron chi connectivity index (χ2n) is 4.76. The first-order valence-electron chi connectivity index (χ1n) is 6.14. The molecule has 2 N–H and O–H groups in total. The van der Waals surface area contributed by atoms with Crippen LogP contribution < -0.4 is 10.0 Å². The van der Waals surface area contributed by atoms with Crippen LogP contribution in [0.1, 0.15) is 24.2 Å². The van der Waals surface area contributed by atoms with Crippen LogP contribution in [0.5, 0.6) is 0 Å². The van der Waals surface area contributed by atoms with E-state index in [9.17, 15) is 8.42 Å². The largest absolute Gasteiger partial charge is 0.313 e. The van der Waals surface area contributed by atoms with Gasteiger partial charge in [0, 0.05) is 11.7 Å². The standard InChI is InChI=1S/C12H19N3O2S/c1-9-5-6-12(10(2)14-9)15-18(16,17)8-11-4-3-7-13-11/h5-6,11,13,15H,3-4,7-8H2,1-2H3. The Morgan fingerprint density at radius 3 is 2.83 bits per heavy atom. The molecule has 0 saturated carbocycles. The second kappa shape index (κ2) is 5.24. The van der Waals surface area contributed by atoms with Gasteiger partial charge in [-0.05, 0) is 45.4 Å². The van der Waals surface area contributed by atoms with Crippen molar-refractivity contribution in [3.8, 4) is 0 Å². The summed E-state index contributed by atoms with van der Waals surface area (Å²) >= 11 is 0. The fraction of sp³-hybridized carbons (Fsp3) is 0.583. The summed E-state index contributed by atoms with van der Waals surface area (Å²) in [5.41, 5.74) is 2.16. The van der Waals surface area contributed by atoms with Crippen LogP contribution in [0.2, 0.25) is 0 Å². The zero-order valence-electron chi connectivity index (χ0n) is 10.7. The number of nitrogens with one attached hydrogen (secondary N) is 2. The smallest absolute Gasteiger partial charge is 0.234 e. The van der Waals surface area contributed by atoms with Crippen LogP contribution in [0.15, 0.2) is 12.1 Å². The van der Waals surface area contributed by atoms with Gasteiger partial charge in [-0.15, -0.1) is 0 Å². The zero-order chi connectivity index (χ0) is 13.2. The van der Waals surface area contributed by atoms with Crippen molar-refractivity contribution >= 4 is 15.7 Å². The van der Waals surface area contributed by atoms with E-state index in [4.69, 9.17) is 0 Å². The molecule has 1 aromatic heterocycles. The van der Waals surface area contributed by atoms with E-state index < -0.39 is 10.0 Å². The summed E-state index contributed by atoms with van der Waals surface area (Å²) in [6.45, 7) is 4.59. The molecule has 1 unspecified atom stereocenters. The zero-order valence-corrected chi connectivity index (χ0v) is 11.5. The minimum Gasteiger partial charge on any atom is -0.313 e. The molecule has 2 heterocycles. The molecule has 0 amide bonds. The van der Waals surface area contributed by atoms with Gasteiger partial charge in [0.05, 0.1) is 17.1 Å². The summed E-state index contributed by atoms with van der Waals surface area (Å²) in [5, 5.41) is 3.19. The molecule has 0 radical (unpaired) electrons. The van der Waals surface area contributed by atoms with Crippen molar-refractivity contribution in [2.45, 2.75) is 32.7 Å². The molecule has 1 aliphatic heterocycles. The molecule has 0 aromatic carbocycles. The number of rotatable bonds is 4. The average Bonchev–Trinajstić information content (AvgIpc) is 2.74. The predicted octanol–water partition coefficient (Wildman–Crippen LogP) is 1.19. The molecule has 1 atom stereocenters. The fourth-order valence-electron chi connectivity index (χ4n) is 2.17. The Balaban J connectivity index is 2.07. The van der Waals surface area contributed by atoms with Crippen molar-refractivity contribution in [3.63, 3.8) is 0 Å². The number of hydrogen-bond acceptors (Lipinski definition) is 4. The fourth-order valence-corrected chi connectivity index (χ4v) is 3.62. The first-order valence-corrected chi connectivity index (χ1v) is 7.80. The summed E-state index contributed by atoms with van der Waals surface area (Å²) in [4.78, 5) is 4.25. The highest BCUT2D eigenvalue weighted by atomic mass is 32.2. The maximum Gasteiger partial charge on any atom is 0.234 e. The average molecular weight is 269 g/mol. The molecule has 18 heavy (non-hydrogen) atoms. The highest BCUT2D eigenvalue weighted by molar-refractivity contribution is 7.92. The lowest BCUT2D eigenvalue weighted by Crippen LogP contribution is -2.33. The summed E-state index contributed by atoms with van der Waals surface area (Å²) in [5.74, 6) is 0.125. The molecule has 0 aliphatic carbocycles. The lowest BCUT2D eigenvalue weighted by Gasteiger charge is -2.14. The molecule has 0 spiro atoms. The molecule has 100 valence electrons. The van der Waals surface area contributed by atoms with E-state index in [1.54, 1.807) is 19.1 Å². The van der Waals surface area contributed by atoms with E-state index in [1.165, 1.54) is 0 Å². The van der Waals surface area contributed by atoms with E-state index in [2.05, 4.69) is 15.0 Å². The molecule has 6 heteroatoms. The van der Waals surface area contributed by atoms with Gasteiger partial charge in [-0.25, -0.2) is 8.42 Å². The van der Waals surface area contributed by atoms with Gasteiger partial charge < -0.3 is 5.32 Å². The van der Waals surface area contributed by atoms with Crippen LogP contribution in [-0.4, -0.2) is 31.7 Å². The van der Waals surface area contributed by atoms with Crippen molar-refractivity contribution < 1.29 is 8.42 Å². The van der Waals surface area contributed by atoms with Crippen LogP contribution in [0.25, 0.3) is 0 Å². The third-order valence-electron chi connectivity index (χ3n) is 3.07. The Hall–Kier alpha value is -1.14. The second-order valence-corrected chi connectivity index (χ2v) is 6.53. The Labute approximate surface area is 108 Å².